The number of imidazole rings is 1. The van der Waals surface area contributed by atoms with Gasteiger partial charge in [0.05, 0.1) is 29.3 Å². The van der Waals surface area contributed by atoms with E-state index in [2.05, 4.69) is 25.5 Å². The van der Waals surface area contributed by atoms with Crippen molar-refractivity contribution in [2.24, 2.45) is 12.0 Å². The Kier molecular flexibility index (Phi) is 5.82. The Hall–Kier alpha value is -4.22. The van der Waals surface area contributed by atoms with Crippen molar-refractivity contribution >= 4 is 17.6 Å². The van der Waals surface area contributed by atoms with E-state index in [1.807, 2.05) is 30.7 Å². The number of nitrogens with zero attached hydrogens (tertiary/aromatic N) is 6. The largest absolute Gasteiger partial charge is 0.846 e. The second kappa shape index (κ2) is 8.73. The molecule has 9 nitrogen and oxygen atoms in total. The summed E-state index contributed by atoms with van der Waals surface area (Å²) in [7, 11) is 1.91. The minimum absolute atomic E-state index is 0.0427. The third-order valence-electron chi connectivity index (χ3n) is 4.69. The van der Waals surface area contributed by atoms with E-state index in [1.54, 1.807) is 12.5 Å². The molecule has 4 rings (SSSR count). The van der Waals surface area contributed by atoms with Crippen LogP contribution in [0.4, 0.5) is 24.7 Å². The zero-order valence-corrected chi connectivity index (χ0v) is 17.5. The van der Waals surface area contributed by atoms with E-state index < -0.39 is 17.8 Å². The van der Waals surface area contributed by atoms with Gasteiger partial charge in [0, 0.05) is 24.5 Å². The molecule has 33 heavy (non-hydrogen) atoms. The quantitative estimate of drug-likeness (QED) is 0.280. The first-order valence-electron chi connectivity index (χ1n) is 9.68. The Morgan fingerprint density at radius 3 is 2.73 bits per heavy atom. The number of amidine groups is 1. The predicted molar refractivity (Wildman–Crippen MR) is 109 cm³/mol. The highest BCUT2D eigenvalue weighted by atomic mass is 19.4. The SMILES string of the molecule is Cc1ncn(C)c1-c1ccc(C[n+]2cc(/N=C(\[O-])Nc3cccc(C(F)(F)F)c3)on2)nc1. The summed E-state index contributed by atoms with van der Waals surface area (Å²) in [4.78, 5) is 12.4. The molecule has 0 unspecified atom stereocenters. The van der Waals surface area contributed by atoms with Gasteiger partial charge in [-0.2, -0.15) is 13.2 Å². The van der Waals surface area contributed by atoms with Gasteiger partial charge >= 0.3 is 12.1 Å². The van der Waals surface area contributed by atoms with Gasteiger partial charge in [0.2, 0.25) is 11.8 Å². The number of alkyl halides is 3. The number of nitrogens with one attached hydrogen (secondary N) is 1. The molecule has 170 valence electrons. The number of aromatic nitrogens is 5. The Morgan fingerprint density at radius 2 is 2.06 bits per heavy atom. The lowest BCUT2D eigenvalue weighted by Gasteiger charge is -2.14. The van der Waals surface area contributed by atoms with Gasteiger partial charge < -0.3 is 15.0 Å². The van der Waals surface area contributed by atoms with Crippen LogP contribution in [0.15, 0.2) is 64.6 Å². The zero-order chi connectivity index (χ0) is 23.6. The minimum Gasteiger partial charge on any atom is -0.846 e. The van der Waals surface area contributed by atoms with Crippen molar-refractivity contribution in [3.63, 3.8) is 0 Å². The molecule has 3 aromatic heterocycles. The van der Waals surface area contributed by atoms with E-state index in [0.29, 0.717) is 5.69 Å². The summed E-state index contributed by atoms with van der Waals surface area (Å²) < 4.78 is 46.7. The van der Waals surface area contributed by atoms with Crippen LogP contribution in [0.3, 0.4) is 0 Å². The van der Waals surface area contributed by atoms with Crippen LogP contribution in [-0.2, 0) is 19.8 Å². The van der Waals surface area contributed by atoms with E-state index in [1.165, 1.54) is 23.0 Å². The van der Waals surface area contributed by atoms with E-state index in [4.69, 9.17) is 4.52 Å². The van der Waals surface area contributed by atoms with Gasteiger partial charge in [0.15, 0.2) is 0 Å². The van der Waals surface area contributed by atoms with E-state index >= 15 is 0 Å². The van der Waals surface area contributed by atoms with E-state index in [-0.39, 0.29) is 18.1 Å². The Labute approximate surface area is 185 Å². The van der Waals surface area contributed by atoms with E-state index in [0.717, 1.165) is 29.1 Å². The third-order valence-corrected chi connectivity index (χ3v) is 4.69. The van der Waals surface area contributed by atoms with Crippen molar-refractivity contribution in [1.82, 2.24) is 19.8 Å². The number of aliphatic imine (C=N–C) groups is 1. The Morgan fingerprint density at radius 1 is 1.24 bits per heavy atom. The third kappa shape index (κ3) is 5.17. The molecule has 1 aromatic carbocycles. The summed E-state index contributed by atoms with van der Waals surface area (Å²) in [5.74, 6) is -0.110. The minimum atomic E-state index is -4.52. The highest BCUT2D eigenvalue weighted by Crippen LogP contribution is 2.30. The highest BCUT2D eigenvalue weighted by molar-refractivity contribution is 5.87. The van der Waals surface area contributed by atoms with Crippen LogP contribution < -0.4 is 15.1 Å². The van der Waals surface area contributed by atoms with E-state index in [9.17, 15) is 18.3 Å². The van der Waals surface area contributed by atoms with Crippen molar-refractivity contribution < 1.29 is 27.5 Å². The van der Waals surface area contributed by atoms with Crippen LogP contribution in [-0.4, -0.2) is 25.8 Å². The molecule has 0 spiro atoms. The lowest BCUT2D eigenvalue weighted by atomic mass is 10.1. The molecule has 0 bridgehead atoms. The van der Waals surface area contributed by atoms with Crippen LogP contribution in [0, 0.1) is 6.92 Å². The molecular weight excluding hydrogens is 439 g/mol. The molecule has 0 amide bonds. The summed E-state index contributed by atoms with van der Waals surface area (Å²) in [5.41, 5.74) is 2.55. The first kappa shape index (κ1) is 22.0. The second-order valence-corrected chi connectivity index (χ2v) is 7.19. The smallest absolute Gasteiger partial charge is 0.416 e. The molecule has 1 N–H and O–H groups in total. The van der Waals surface area contributed by atoms with Gasteiger partial charge in [-0.3, -0.25) is 9.51 Å². The number of halogens is 3. The number of hydrogen-bond donors (Lipinski definition) is 1. The summed E-state index contributed by atoms with van der Waals surface area (Å²) in [6, 6.07) is 7.09. The molecule has 0 saturated carbocycles. The van der Waals surface area contributed by atoms with Crippen LogP contribution in [0.25, 0.3) is 11.3 Å². The molecule has 12 heteroatoms. The molecule has 0 fully saturated rings. The van der Waals surface area contributed by atoms with Crippen molar-refractivity contribution in [2.75, 3.05) is 5.32 Å². The Balaban J connectivity index is 1.42. The van der Waals surface area contributed by atoms with Crippen LogP contribution >= 0.6 is 0 Å². The van der Waals surface area contributed by atoms with Crippen molar-refractivity contribution in [3.05, 3.63) is 72.1 Å². The number of hydrogen-bond acceptors (Lipinski definition) is 6. The predicted octanol–water partition coefficient (Wildman–Crippen LogP) is 2.59. The molecule has 3 heterocycles. The molecule has 0 aliphatic heterocycles. The van der Waals surface area contributed by atoms with Crippen LogP contribution in [0.1, 0.15) is 17.0 Å². The van der Waals surface area contributed by atoms with Gasteiger partial charge in [0.25, 0.3) is 6.20 Å². The van der Waals surface area contributed by atoms with Crippen molar-refractivity contribution in [1.29, 1.82) is 0 Å². The fourth-order valence-corrected chi connectivity index (χ4v) is 3.20. The lowest BCUT2D eigenvalue weighted by Crippen LogP contribution is -2.35. The maximum absolute atomic E-state index is 12.8. The zero-order valence-electron chi connectivity index (χ0n) is 17.5. The number of benzene rings is 1. The molecule has 4 aromatic rings. The van der Waals surface area contributed by atoms with Crippen LogP contribution in [0.2, 0.25) is 0 Å². The van der Waals surface area contributed by atoms with Gasteiger partial charge in [-0.1, -0.05) is 6.07 Å². The molecule has 0 aliphatic rings. The summed E-state index contributed by atoms with van der Waals surface area (Å²) >= 11 is 0. The standard InChI is InChI=1S/C21H18F3N7O2/c1-13-19(30(2)12-26-13)14-6-7-17(25-9-14)10-31-11-18(33-29-31)28-20(32)27-16-5-3-4-15(8-16)21(22,23)24/h3-9,11-12H,10H2,1-2H3,(H-,27,28,29,32). The first-order valence-corrected chi connectivity index (χ1v) is 9.68. The highest BCUT2D eigenvalue weighted by Gasteiger charge is 2.30. The van der Waals surface area contributed by atoms with Gasteiger partial charge in [-0.05, 0) is 41.9 Å². The van der Waals surface area contributed by atoms with Gasteiger partial charge in [0.1, 0.15) is 5.69 Å². The molecule has 0 aliphatic carbocycles. The van der Waals surface area contributed by atoms with Crippen LogP contribution in [0.5, 0.6) is 0 Å². The summed E-state index contributed by atoms with van der Waals surface area (Å²) in [6.45, 7) is 2.18. The number of anilines is 1. The Bertz CT molecular complexity index is 1270. The second-order valence-electron chi connectivity index (χ2n) is 7.19. The van der Waals surface area contributed by atoms with Crippen molar-refractivity contribution in [2.45, 2.75) is 19.6 Å². The fraction of sp³-hybridized carbons (Fsp3) is 0.190. The monoisotopic (exact) mass is 457 g/mol. The maximum Gasteiger partial charge on any atom is 0.416 e. The number of aryl methyl sites for hydroxylation is 2. The molecular formula is C21H18F3N7O2. The summed E-state index contributed by atoms with van der Waals surface area (Å²) in [6.07, 6.45) is 0.329. The van der Waals surface area contributed by atoms with Crippen molar-refractivity contribution in [3.8, 4) is 11.3 Å². The van der Waals surface area contributed by atoms with Gasteiger partial charge in [-0.25, -0.2) is 9.98 Å². The first-order chi connectivity index (χ1) is 15.7. The normalized spacial score (nSPS) is 12.2. The van der Waals surface area contributed by atoms with Gasteiger partial charge in [-0.15, -0.1) is 0 Å². The number of pyridine rings is 1. The topological polar surface area (TPSA) is 108 Å². The maximum atomic E-state index is 12.8. The molecule has 0 saturated heterocycles. The lowest BCUT2D eigenvalue weighted by molar-refractivity contribution is -0.755. The fourth-order valence-electron chi connectivity index (χ4n) is 3.20. The average molecular weight is 457 g/mol. The average Bonchev–Trinajstić information content (AvgIpc) is 3.33. The molecule has 0 atom stereocenters. The molecule has 0 radical (unpaired) electrons. The number of rotatable bonds is 5. The summed E-state index contributed by atoms with van der Waals surface area (Å²) in [5, 5.41) is 18.1.